The van der Waals surface area contributed by atoms with Gasteiger partial charge in [0.05, 0.1) is 18.2 Å². The second-order valence-electron chi connectivity index (χ2n) is 8.37. The summed E-state index contributed by atoms with van der Waals surface area (Å²) in [6, 6.07) is 4.14. The fourth-order valence-corrected chi connectivity index (χ4v) is 5.62. The van der Waals surface area contributed by atoms with Crippen LogP contribution in [0.25, 0.3) is 10.2 Å². The zero-order valence-electron chi connectivity index (χ0n) is 18.9. The Kier molecular flexibility index (Phi) is 6.14. The third-order valence-corrected chi connectivity index (χ3v) is 7.36. The molecule has 0 radical (unpaired) electrons. The third kappa shape index (κ3) is 4.11. The molecule has 0 saturated carbocycles. The molecule has 0 fully saturated rings. The van der Waals surface area contributed by atoms with Gasteiger partial charge in [-0.3, -0.25) is 4.79 Å². The molecular weight excluding hydrogens is 408 g/mol. The molecule has 7 heteroatoms. The van der Waals surface area contributed by atoms with Crippen LogP contribution < -0.4 is 10.1 Å². The highest BCUT2D eigenvalue weighted by Gasteiger charge is 2.30. The third-order valence-electron chi connectivity index (χ3n) is 6.20. The first-order chi connectivity index (χ1) is 14.9. The van der Waals surface area contributed by atoms with Crippen LogP contribution in [0.5, 0.6) is 5.75 Å². The van der Waals surface area contributed by atoms with Crippen LogP contribution in [0, 0.1) is 19.8 Å². The van der Waals surface area contributed by atoms with Gasteiger partial charge < -0.3 is 15.0 Å². The number of fused-ring (bicyclic) bond motifs is 3. The van der Waals surface area contributed by atoms with Crippen molar-refractivity contribution in [2.75, 3.05) is 26.0 Å². The van der Waals surface area contributed by atoms with E-state index < -0.39 is 0 Å². The van der Waals surface area contributed by atoms with Crippen molar-refractivity contribution in [2.45, 2.75) is 46.5 Å². The van der Waals surface area contributed by atoms with Gasteiger partial charge in [-0.25, -0.2) is 9.97 Å². The van der Waals surface area contributed by atoms with Crippen LogP contribution in [0.4, 0.5) is 11.5 Å². The van der Waals surface area contributed by atoms with Crippen molar-refractivity contribution < 1.29 is 9.53 Å². The molecule has 3 aromatic rings. The predicted octanol–water partition coefficient (Wildman–Crippen LogP) is 5.03. The Balaban J connectivity index is 1.67. The lowest BCUT2D eigenvalue weighted by Gasteiger charge is -2.26. The van der Waals surface area contributed by atoms with Gasteiger partial charge in [-0.2, -0.15) is 0 Å². The zero-order chi connectivity index (χ0) is 22.1. The Bertz CT molecular complexity index is 1120. The molecule has 0 bridgehead atoms. The van der Waals surface area contributed by atoms with Gasteiger partial charge in [-0.05, 0) is 68.4 Å². The number of aromatic nitrogens is 2. The smallest absolute Gasteiger partial charge is 0.225 e. The Hall–Kier alpha value is -2.67. The average Bonchev–Trinajstić information content (AvgIpc) is 3.14. The molecule has 6 nitrogen and oxygen atoms in total. The standard InChI is InChI=1S/C24H30N4O2S/c1-6-9-28(4)24(29)16-7-8-17-20(12-16)31-23-21(17)22(25-13-26-23)27-18-10-14(2)15(3)11-19(18)30-5/h10-11,13,16H,6-9,12H2,1-5H3,(H,25,26,27). The van der Waals surface area contributed by atoms with Crippen LogP contribution in [0.3, 0.4) is 0 Å². The molecule has 0 aliphatic heterocycles. The average molecular weight is 439 g/mol. The number of carbonyl (C=O) groups excluding carboxylic acids is 1. The number of thiophene rings is 1. The number of hydrogen-bond acceptors (Lipinski definition) is 6. The van der Waals surface area contributed by atoms with Crippen molar-refractivity contribution >= 4 is 39.0 Å². The van der Waals surface area contributed by atoms with Gasteiger partial charge in [0.1, 0.15) is 22.7 Å². The molecule has 0 saturated heterocycles. The van der Waals surface area contributed by atoms with E-state index in [9.17, 15) is 4.79 Å². The summed E-state index contributed by atoms with van der Waals surface area (Å²) >= 11 is 1.69. The first kappa shape index (κ1) is 21.6. The van der Waals surface area contributed by atoms with Crippen LogP contribution in [-0.4, -0.2) is 41.5 Å². The van der Waals surface area contributed by atoms with Crippen LogP contribution in [0.2, 0.25) is 0 Å². The highest BCUT2D eigenvalue weighted by atomic mass is 32.1. The molecule has 164 valence electrons. The Labute approximate surface area is 187 Å². The maximum Gasteiger partial charge on any atom is 0.225 e. The number of benzene rings is 1. The summed E-state index contributed by atoms with van der Waals surface area (Å²) in [6.45, 7) is 7.09. The summed E-state index contributed by atoms with van der Waals surface area (Å²) in [7, 11) is 3.60. The summed E-state index contributed by atoms with van der Waals surface area (Å²) in [6.07, 6.45) is 5.12. The number of hydrogen-bond donors (Lipinski definition) is 1. The van der Waals surface area contributed by atoms with Crippen molar-refractivity contribution in [1.29, 1.82) is 0 Å². The van der Waals surface area contributed by atoms with Crippen molar-refractivity contribution in [3.8, 4) is 5.75 Å². The lowest BCUT2D eigenvalue weighted by atomic mass is 9.87. The summed E-state index contributed by atoms with van der Waals surface area (Å²) in [5, 5.41) is 4.57. The molecule has 1 aromatic carbocycles. The van der Waals surface area contributed by atoms with Crippen LogP contribution in [-0.2, 0) is 17.6 Å². The zero-order valence-corrected chi connectivity index (χ0v) is 19.7. The van der Waals surface area contributed by atoms with Crippen molar-refractivity contribution in [2.24, 2.45) is 5.92 Å². The summed E-state index contributed by atoms with van der Waals surface area (Å²) in [5.74, 6) is 1.91. The molecule has 1 aliphatic carbocycles. The number of anilines is 2. The minimum Gasteiger partial charge on any atom is -0.495 e. The minimum atomic E-state index is 0.0568. The monoisotopic (exact) mass is 438 g/mol. The number of aryl methyl sites for hydroxylation is 3. The topological polar surface area (TPSA) is 67.4 Å². The lowest BCUT2D eigenvalue weighted by Crippen LogP contribution is -2.35. The van der Waals surface area contributed by atoms with Gasteiger partial charge in [-0.15, -0.1) is 11.3 Å². The largest absolute Gasteiger partial charge is 0.495 e. The maximum absolute atomic E-state index is 12.8. The van der Waals surface area contributed by atoms with E-state index in [2.05, 4.69) is 42.1 Å². The summed E-state index contributed by atoms with van der Waals surface area (Å²) in [5.41, 5.74) is 4.56. The first-order valence-electron chi connectivity index (χ1n) is 10.8. The molecule has 2 aromatic heterocycles. The van der Waals surface area contributed by atoms with Gasteiger partial charge in [0.25, 0.3) is 0 Å². The van der Waals surface area contributed by atoms with Gasteiger partial charge in [-0.1, -0.05) is 6.92 Å². The molecule has 1 aliphatic rings. The number of nitrogens with one attached hydrogen (secondary N) is 1. The molecule has 1 N–H and O–H groups in total. The Morgan fingerprint density at radius 1 is 1.29 bits per heavy atom. The van der Waals surface area contributed by atoms with Crippen molar-refractivity contribution in [1.82, 2.24) is 14.9 Å². The fourth-order valence-electron chi connectivity index (χ4n) is 4.36. The van der Waals surface area contributed by atoms with Crippen LogP contribution in [0.1, 0.15) is 41.3 Å². The Morgan fingerprint density at radius 3 is 2.81 bits per heavy atom. The predicted molar refractivity (Wildman–Crippen MR) is 127 cm³/mol. The fraction of sp³-hybridized carbons (Fsp3) is 0.458. The van der Waals surface area contributed by atoms with E-state index in [0.717, 1.165) is 59.7 Å². The summed E-state index contributed by atoms with van der Waals surface area (Å²) in [4.78, 5) is 26.0. The number of nitrogens with zero attached hydrogens (tertiary/aromatic N) is 3. The molecule has 0 spiro atoms. The van der Waals surface area contributed by atoms with E-state index in [-0.39, 0.29) is 11.8 Å². The van der Waals surface area contributed by atoms with Gasteiger partial charge in [0.2, 0.25) is 5.91 Å². The lowest BCUT2D eigenvalue weighted by molar-refractivity contribution is -0.134. The van der Waals surface area contributed by atoms with Crippen LogP contribution >= 0.6 is 11.3 Å². The van der Waals surface area contributed by atoms with E-state index >= 15 is 0 Å². The summed E-state index contributed by atoms with van der Waals surface area (Å²) < 4.78 is 5.60. The molecule has 2 heterocycles. The van der Waals surface area contributed by atoms with Gasteiger partial charge in [0, 0.05) is 24.4 Å². The van der Waals surface area contributed by atoms with E-state index in [1.54, 1.807) is 24.8 Å². The number of methoxy groups -OCH3 is 1. The molecule has 1 unspecified atom stereocenters. The SMILES string of the molecule is CCCN(C)C(=O)C1CCc2c(sc3ncnc(Nc4cc(C)c(C)cc4OC)c23)C1. The normalized spacial score (nSPS) is 15.6. The first-order valence-corrected chi connectivity index (χ1v) is 11.7. The second kappa shape index (κ2) is 8.83. The van der Waals surface area contributed by atoms with E-state index in [1.807, 2.05) is 18.0 Å². The minimum absolute atomic E-state index is 0.0568. The van der Waals surface area contributed by atoms with Crippen molar-refractivity contribution in [3.05, 3.63) is 40.0 Å². The quantitative estimate of drug-likeness (QED) is 0.584. The second-order valence-corrected chi connectivity index (χ2v) is 9.45. The number of ether oxygens (including phenoxy) is 1. The van der Waals surface area contributed by atoms with Gasteiger partial charge in [0.15, 0.2) is 0 Å². The van der Waals surface area contributed by atoms with Gasteiger partial charge >= 0.3 is 0 Å². The molecule has 31 heavy (non-hydrogen) atoms. The molecular formula is C24H30N4O2S. The number of carbonyl (C=O) groups is 1. The Morgan fingerprint density at radius 2 is 2.06 bits per heavy atom. The molecule has 1 atom stereocenters. The van der Waals surface area contributed by atoms with E-state index in [1.165, 1.54) is 21.6 Å². The molecule has 4 rings (SSSR count). The van der Waals surface area contributed by atoms with Crippen molar-refractivity contribution in [3.63, 3.8) is 0 Å². The number of amides is 1. The van der Waals surface area contributed by atoms with E-state index in [4.69, 9.17) is 4.74 Å². The van der Waals surface area contributed by atoms with E-state index in [0.29, 0.717) is 0 Å². The maximum atomic E-state index is 12.8. The highest BCUT2D eigenvalue weighted by molar-refractivity contribution is 7.19. The highest BCUT2D eigenvalue weighted by Crippen LogP contribution is 2.41. The van der Waals surface area contributed by atoms with Crippen LogP contribution in [0.15, 0.2) is 18.5 Å². The molecule has 1 amide bonds. The number of rotatable bonds is 6.